The van der Waals surface area contributed by atoms with Crippen molar-refractivity contribution in [3.05, 3.63) is 122 Å². The topological polar surface area (TPSA) is 78.9 Å². The van der Waals surface area contributed by atoms with Crippen LogP contribution in [-0.4, -0.2) is 37.2 Å². The Hall–Kier alpha value is -4.19. The minimum Gasteiger partial charge on any atom is -0.462 e. The van der Waals surface area contributed by atoms with Crippen LogP contribution in [0.1, 0.15) is 271 Å². The fraction of sp³-hybridized carbons (Fsp3) is 0.662. The number of hydrogen-bond donors (Lipinski definition) is 0. The van der Waals surface area contributed by atoms with Crippen LogP contribution in [0.2, 0.25) is 0 Å². The van der Waals surface area contributed by atoms with E-state index >= 15 is 0 Å². The molecule has 0 aromatic heterocycles. The maximum atomic E-state index is 12.9. The average Bonchev–Trinajstić information content (AvgIpc) is 3.40. The number of carbonyl (C=O) groups excluding carboxylic acids is 3. The Morgan fingerprint density at radius 2 is 0.527 bits per heavy atom. The third kappa shape index (κ3) is 58.7. The van der Waals surface area contributed by atoms with Crippen LogP contribution in [0, 0.1) is 0 Å². The molecule has 0 heterocycles. The summed E-state index contributed by atoms with van der Waals surface area (Å²) in [6.45, 7) is 6.39. The normalized spacial score (nSPS) is 13.0. The van der Waals surface area contributed by atoms with Crippen molar-refractivity contribution in [3.63, 3.8) is 0 Å². The number of allylic oxidation sites excluding steroid dienone is 20. The van der Waals surface area contributed by atoms with Crippen LogP contribution < -0.4 is 0 Å². The largest absolute Gasteiger partial charge is 0.462 e. The Bertz CT molecular complexity index is 1550. The number of unbranched alkanes of at least 4 members (excludes halogenated alkanes) is 23. The van der Waals surface area contributed by atoms with E-state index in [0.717, 1.165) is 141 Å². The molecular weight excluding hydrogens is 913 g/mol. The predicted molar refractivity (Wildman–Crippen MR) is 320 cm³/mol. The zero-order valence-corrected chi connectivity index (χ0v) is 48.1. The number of hydrogen-bond acceptors (Lipinski definition) is 6. The molecule has 0 saturated heterocycles. The van der Waals surface area contributed by atoms with Crippen LogP contribution in [-0.2, 0) is 28.6 Å². The second kappa shape index (κ2) is 61.4. The van der Waals surface area contributed by atoms with Crippen LogP contribution in [0.3, 0.4) is 0 Å². The molecule has 6 nitrogen and oxygen atoms in total. The van der Waals surface area contributed by atoms with Gasteiger partial charge in [0.2, 0.25) is 0 Å². The summed E-state index contributed by atoms with van der Waals surface area (Å²) in [4.78, 5) is 38.2. The van der Waals surface area contributed by atoms with Gasteiger partial charge in [0, 0.05) is 19.3 Å². The minimum atomic E-state index is -0.796. The highest BCUT2D eigenvalue weighted by molar-refractivity contribution is 5.71. The molecule has 0 radical (unpaired) electrons. The van der Waals surface area contributed by atoms with E-state index in [-0.39, 0.29) is 31.1 Å². The summed E-state index contributed by atoms with van der Waals surface area (Å²) >= 11 is 0. The SMILES string of the molecule is CC/C=C\C/C=C\C/C=C\C/C=C\C/C=C\C/C=C\CCCCCCCCCCC(=O)OCC(COC(=O)CCCCCCCCCCCCCC)OC(=O)CCCCCC/C=C\C/C=C\C/C=C\C/C=C\CC. The lowest BCUT2D eigenvalue weighted by Gasteiger charge is -2.18. The van der Waals surface area contributed by atoms with Crippen molar-refractivity contribution in [1.29, 1.82) is 0 Å². The molecule has 1 unspecified atom stereocenters. The van der Waals surface area contributed by atoms with E-state index in [4.69, 9.17) is 14.2 Å². The summed E-state index contributed by atoms with van der Waals surface area (Å²) in [6.07, 6.45) is 84.8. The van der Waals surface area contributed by atoms with Gasteiger partial charge in [-0.1, -0.05) is 264 Å². The first-order chi connectivity index (χ1) is 36.5. The van der Waals surface area contributed by atoms with Gasteiger partial charge in [0.05, 0.1) is 0 Å². The third-order valence-corrected chi connectivity index (χ3v) is 12.7. The van der Waals surface area contributed by atoms with Gasteiger partial charge in [0.25, 0.3) is 0 Å². The fourth-order valence-corrected chi connectivity index (χ4v) is 8.20. The molecule has 0 N–H and O–H groups in total. The molecule has 0 spiro atoms. The summed E-state index contributed by atoms with van der Waals surface area (Å²) in [7, 11) is 0. The zero-order chi connectivity index (χ0) is 53.6. The molecule has 0 aliphatic rings. The first-order valence-electron chi connectivity index (χ1n) is 30.5. The van der Waals surface area contributed by atoms with Gasteiger partial charge in [0.1, 0.15) is 13.2 Å². The Morgan fingerprint density at radius 1 is 0.284 bits per heavy atom. The fourth-order valence-electron chi connectivity index (χ4n) is 8.20. The lowest BCUT2D eigenvalue weighted by molar-refractivity contribution is -0.167. The Labute approximate surface area is 456 Å². The van der Waals surface area contributed by atoms with E-state index in [2.05, 4.69) is 142 Å². The van der Waals surface area contributed by atoms with Crippen LogP contribution >= 0.6 is 0 Å². The van der Waals surface area contributed by atoms with Crippen LogP contribution in [0.4, 0.5) is 0 Å². The molecule has 0 fully saturated rings. The summed E-state index contributed by atoms with van der Waals surface area (Å²) in [5.74, 6) is -0.921. The molecule has 0 rings (SSSR count). The maximum Gasteiger partial charge on any atom is 0.306 e. The standard InChI is InChI=1S/C68H112O6/c1-4-7-10-13-16-19-22-25-27-29-30-31-32-33-34-35-36-37-38-40-41-43-46-49-52-55-58-61-67(70)73-64-65(63-72-66(69)60-57-54-51-48-45-24-21-18-15-12-9-6-3)74-68(71)62-59-56-53-50-47-44-42-39-28-26-23-20-17-14-11-8-5-2/h7-8,10-11,16-17,19-20,25-28,30-31,33-34,36-37,42,44,65H,4-6,9,12-15,18,21-24,29,32,35,38-41,43,45-64H2,1-3H3/b10-7-,11-8-,19-16-,20-17-,27-25-,28-26-,31-30-,34-33-,37-36-,44-42-. The predicted octanol–water partition coefficient (Wildman–Crippen LogP) is 20.8. The highest BCUT2D eigenvalue weighted by Crippen LogP contribution is 2.15. The summed E-state index contributed by atoms with van der Waals surface area (Å²) < 4.78 is 16.9. The van der Waals surface area contributed by atoms with Crippen molar-refractivity contribution in [2.75, 3.05) is 13.2 Å². The van der Waals surface area contributed by atoms with Crippen LogP contribution in [0.5, 0.6) is 0 Å². The van der Waals surface area contributed by atoms with E-state index in [1.807, 2.05) is 0 Å². The van der Waals surface area contributed by atoms with Gasteiger partial charge in [-0.15, -0.1) is 0 Å². The molecule has 0 amide bonds. The minimum absolute atomic E-state index is 0.0909. The second-order valence-corrected chi connectivity index (χ2v) is 19.9. The van der Waals surface area contributed by atoms with Crippen molar-refractivity contribution >= 4 is 17.9 Å². The van der Waals surface area contributed by atoms with E-state index in [1.165, 1.54) is 89.9 Å². The summed E-state index contributed by atoms with van der Waals surface area (Å²) in [5, 5.41) is 0. The van der Waals surface area contributed by atoms with Crippen molar-refractivity contribution in [2.45, 2.75) is 277 Å². The van der Waals surface area contributed by atoms with Crippen molar-refractivity contribution in [1.82, 2.24) is 0 Å². The van der Waals surface area contributed by atoms with Crippen LogP contribution in [0.25, 0.3) is 0 Å². The monoisotopic (exact) mass is 1020 g/mol. The molecule has 420 valence electrons. The average molecular weight is 1030 g/mol. The highest BCUT2D eigenvalue weighted by atomic mass is 16.6. The molecular formula is C68H112O6. The number of ether oxygens (including phenoxy) is 3. The second-order valence-electron chi connectivity index (χ2n) is 19.9. The molecule has 74 heavy (non-hydrogen) atoms. The van der Waals surface area contributed by atoms with Crippen molar-refractivity contribution in [3.8, 4) is 0 Å². The maximum absolute atomic E-state index is 12.9. The molecule has 0 aromatic carbocycles. The molecule has 6 heteroatoms. The smallest absolute Gasteiger partial charge is 0.306 e. The lowest BCUT2D eigenvalue weighted by atomic mass is 10.0. The number of esters is 3. The van der Waals surface area contributed by atoms with Gasteiger partial charge in [0.15, 0.2) is 6.10 Å². The van der Waals surface area contributed by atoms with Gasteiger partial charge in [-0.3, -0.25) is 14.4 Å². The number of carbonyl (C=O) groups is 3. The Balaban J connectivity index is 4.36. The van der Waals surface area contributed by atoms with Gasteiger partial charge in [-0.05, 0) is 109 Å². The quantitative estimate of drug-likeness (QED) is 0.0261. The van der Waals surface area contributed by atoms with Gasteiger partial charge >= 0.3 is 17.9 Å². The first-order valence-corrected chi connectivity index (χ1v) is 30.5. The van der Waals surface area contributed by atoms with E-state index < -0.39 is 6.10 Å². The van der Waals surface area contributed by atoms with Crippen molar-refractivity contribution < 1.29 is 28.6 Å². The summed E-state index contributed by atoms with van der Waals surface area (Å²) in [5.41, 5.74) is 0. The molecule has 0 aliphatic heterocycles. The van der Waals surface area contributed by atoms with E-state index in [0.29, 0.717) is 19.3 Å². The highest BCUT2D eigenvalue weighted by Gasteiger charge is 2.19. The van der Waals surface area contributed by atoms with Gasteiger partial charge < -0.3 is 14.2 Å². The van der Waals surface area contributed by atoms with Gasteiger partial charge in [-0.2, -0.15) is 0 Å². The zero-order valence-electron chi connectivity index (χ0n) is 48.1. The molecule has 0 bridgehead atoms. The number of rotatable bonds is 54. The Morgan fingerprint density at radius 3 is 0.824 bits per heavy atom. The lowest BCUT2D eigenvalue weighted by Crippen LogP contribution is -2.30. The molecule has 0 aliphatic carbocycles. The first kappa shape index (κ1) is 69.8. The van der Waals surface area contributed by atoms with E-state index in [1.54, 1.807) is 0 Å². The summed E-state index contributed by atoms with van der Waals surface area (Å²) in [6, 6.07) is 0. The van der Waals surface area contributed by atoms with Gasteiger partial charge in [-0.25, -0.2) is 0 Å². The molecule has 1 atom stereocenters. The molecule has 0 aromatic rings. The molecule has 0 saturated carbocycles. The third-order valence-electron chi connectivity index (χ3n) is 12.7. The van der Waals surface area contributed by atoms with Crippen LogP contribution in [0.15, 0.2) is 122 Å². The van der Waals surface area contributed by atoms with E-state index in [9.17, 15) is 14.4 Å². The Kier molecular flexibility index (Phi) is 57.9. The van der Waals surface area contributed by atoms with Crippen molar-refractivity contribution in [2.24, 2.45) is 0 Å².